The summed E-state index contributed by atoms with van der Waals surface area (Å²) >= 11 is 4.70. The number of hydrogen-bond acceptors (Lipinski definition) is 4. The van der Waals surface area contributed by atoms with Crippen LogP contribution >= 0.6 is 38.5 Å². The molecule has 0 saturated carbocycles. The molecule has 10 heteroatoms. The van der Waals surface area contributed by atoms with Crippen LogP contribution in [0.25, 0.3) is 0 Å². The molecule has 0 bridgehead atoms. The topological polar surface area (TPSA) is 64.2 Å². The number of aromatic amines is 1. The first-order chi connectivity index (χ1) is 9.76. The fourth-order valence-corrected chi connectivity index (χ4v) is 2.15. The molecule has 21 heavy (non-hydrogen) atoms. The van der Waals surface area contributed by atoms with Crippen molar-refractivity contribution in [2.45, 2.75) is 6.36 Å². The van der Waals surface area contributed by atoms with Gasteiger partial charge in [0.15, 0.2) is 0 Å². The summed E-state index contributed by atoms with van der Waals surface area (Å²) in [5.74, 6) is -0.147. The van der Waals surface area contributed by atoms with Crippen LogP contribution in [0.4, 0.5) is 13.2 Å². The Morgan fingerprint density at radius 1 is 1.33 bits per heavy atom. The van der Waals surface area contributed by atoms with Crippen molar-refractivity contribution < 1.29 is 22.6 Å². The second-order valence-corrected chi connectivity index (χ2v) is 5.53. The van der Waals surface area contributed by atoms with Gasteiger partial charge in [0.1, 0.15) is 15.1 Å². The maximum absolute atomic E-state index is 12.1. The lowest BCUT2D eigenvalue weighted by Crippen LogP contribution is -2.17. The van der Waals surface area contributed by atoms with Crippen molar-refractivity contribution in [1.82, 2.24) is 9.97 Å². The zero-order valence-corrected chi connectivity index (χ0v) is 13.6. The molecule has 0 spiro atoms. The zero-order chi connectivity index (χ0) is 15.6. The van der Waals surface area contributed by atoms with Crippen molar-refractivity contribution in [3.05, 3.63) is 42.9 Å². The minimum atomic E-state index is -4.78. The van der Waals surface area contributed by atoms with Crippen molar-refractivity contribution in [2.24, 2.45) is 0 Å². The number of alkyl halides is 3. The van der Waals surface area contributed by atoms with Crippen LogP contribution in [-0.2, 0) is 0 Å². The summed E-state index contributed by atoms with van der Waals surface area (Å²) in [4.78, 5) is 17.6. The number of rotatable bonds is 3. The van der Waals surface area contributed by atoms with Gasteiger partial charge in [-0.25, -0.2) is 4.98 Å². The van der Waals surface area contributed by atoms with Gasteiger partial charge in [-0.2, -0.15) is 0 Å². The fraction of sp³-hybridized carbons (Fsp3) is 0.0909. The highest BCUT2D eigenvalue weighted by Crippen LogP contribution is 2.34. The fourth-order valence-electron chi connectivity index (χ4n) is 1.30. The summed E-state index contributed by atoms with van der Waals surface area (Å²) in [5.41, 5.74) is -0.378. The van der Waals surface area contributed by atoms with Crippen LogP contribution in [0, 0.1) is 3.57 Å². The predicted molar refractivity (Wildman–Crippen MR) is 78.5 cm³/mol. The molecular weight excluding hydrogens is 472 g/mol. The molecule has 0 radical (unpaired) electrons. The molecular formula is C11H5BrF3IN2O3. The number of nitrogens with one attached hydrogen (secondary N) is 1. The highest BCUT2D eigenvalue weighted by Gasteiger charge is 2.32. The molecule has 0 amide bonds. The van der Waals surface area contributed by atoms with E-state index in [1.54, 1.807) is 22.6 Å². The van der Waals surface area contributed by atoms with E-state index in [1.165, 1.54) is 12.1 Å². The van der Waals surface area contributed by atoms with Crippen LogP contribution in [0.5, 0.6) is 17.4 Å². The van der Waals surface area contributed by atoms with Gasteiger partial charge in [-0.1, -0.05) is 0 Å². The van der Waals surface area contributed by atoms with Gasteiger partial charge in [-0.05, 0) is 56.7 Å². The predicted octanol–water partition coefficient (Wildman–Crippen LogP) is 3.83. The Labute approximate surface area is 137 Å². The highest BCUT2D eigenvalue weighted by molar-refractivity contribution is 14.1. The largest absolute Gasteiger partial charge is 0.573 e. The van der Waals surface area contributed by atoms with Crippen molar-refractivity contribution in [3.63, 3.8) is 0 Å². The van der Waals surface area contributed by atoms with E-state index in [1.807, 2.05) is 0 Å². The number of benzene rings is 1. The molecule has 1 N–H and O–H groups in total. The van der Waals surface area contributed by atoms with Gasteiger partial charge < -0.3 is 14.5 Å². The third kappa shape index (κ3) is 4.33. The monoisotopic (exact) mass is 476 g/mol. The van der Waals surface area contributed by atoms with Crippen LogP contribution < -0.4 is 15.0 Å². The van der Waals surface area contributed by atoms with E-state index >= 15 is 0 Å². The lowest BCUT2D eigenvalue weighted by molar-refractivity contribution is -0.274. The molecule has 1 aromatic carbocycles. The van der Waals surface area contributed by atoms with Crippen molar-refractivity contribution in [3.8, 4) is 17.4 Å². The van der Waals surface area contributed by atoms with Crippen LogP contribution in [0.2, 0.25) is 0 Å². The second-order valence-electron chi connectivity index (χ2n) is 3.59. The van der Waals surface area contributed by atoms with Gasteiger partial charge >= 0.3 is 6.36 Å². The van der Waals surface area contributed by atoms with E-state index in [-0.39, 0.29) is 25.2 Å². The van der Waals surface area contributed by atoms with E-state index in [0.717, 1.165) is 12.4 Å². The molecule has 1 heterocycles. The Hall–Kier alpha value is -1.30. The third-order valence-electron chi connectivity index (χ3n) is 2.11. The van der Waals surface area contributed by atoms with Crippen LogP contribution in [0.1, 0.15) is 0 Å². The summed E-state index contributed by atoms with van der Waals surface area (Å²) in [5, 5.41) is 0. The van der Waals surface area contributed by atoms with Crippen molar-refractivity contribution in [2.75, 3.05) is 0 Å². The third-order valence-corrected chi connectivity index (χ3v) is 3.68. The van der Waals surface area contributed by atoms with Gasteiger partial charge in [-0.15, -0.1) is 13.2 Å². The van der Waals surface area contributed by atoms with Crippen molar-refractivity contribution >= 4 is 38.5 Å². The summed E-state index contributed by atoms with van der Waals surface area (Å²) in [6, 6.07) is 3.64. The van der Waals surface area contributed by atoms with E-state index in [9.17, 15) is 18.0 Å². The Morgan fingerprint density at radius 3 is 2.67 bits per heavy atom. The lowest BCUT2D eigenvalue weighted by Gasteiger charge is -2.12. The normalized spacial score (nSPS) is 11.3. The van der Waals surface area contributed by atoms with E-state index in [2.05, 4.69) is 30.6 Å². The smallest absolute Gasteiger partial charge is 0.438 e. The molecule has 0 aliphatic rings. The highest BCUT2D eigenvalue weighted by atomic mass is 127. The molecule has 5 nitrogen and oxygen atoms in total. The molecule has 0 unspecified atom stereocenters. The van der Waals surface area contributed by atoms with E-state index < -0.39 is 12.1 Å². The molecule has 0 atom stereocenters. The van der Waals surface area contributed by atoms with Gasteiger partial charge in [-0.3, -0.25) is 4.79 Å². The minimum Gasteiger partial charge on any atom is -0.438 e. The Morgan fingerprint density at radius 2 is 2.05 bits per heavy atom. The molecule has 0 aliphatic carbocycles. The van der Waals surface area contributed by atoms with Gasteiger partial charge in [0.05, 0.1) is 10.8 Å². The minimum absolute atomic E-state index is 0.0516. The SMILES string of the molecule is O=c1[nH]cnc(Oc2ccc(OC(F)(F)F)c(Br)c2)c1I. The van der Waals surface area contributed by atoms with Gasteiger partial charge in [0, 0.05) is 0 Å². The molecule has 1 aromatic heterocycles. The number of ether oxygens (including phenoxy) is 2. The second kappa shape index (κ2) is 6.22. The van der Waals surface area contributed by atoms with Crippen LogP contribution in [-0.4, -0.2) is 16.3 Å². The molecule has 2 aromatic rings. The average molecular weight is 477 g/mol. The Balaban J connectivity index is 2.25. The Kier molecular flexibility index (Phi) is 4.76. The van der Waals surface area contributed by atoms with E-state index in [4.69, 9.17) is 4.74 Å². The summed E-state index contributed by atoms with van der Waals surface area (Å²) < 4.78 is 45.9. The summed E-state index contributed by atoms with van der Waals surface area (Å²) in [6.07, 6.45) is -3.62. The molecule has 0 aliphatic heterocycles. The average Bonchev–Trinajstić information content (AvgIpc) is 2.37. The van der Waals surface area contributed by atoms with Gasteiger partial charge in [0.25, 0.3) is 5.56 Å². The van der Waals surface area contributed by atoms with E-state index in [0.29, 0.717) is 0 Å². The molecule has 2 rings (SSSR count). The molecule has 0 fully saturated rings. The molecule has 0 saturated heterocycles. The number of H-pyrrole nitrogens is 1. The lowest BCUT2D eigenvalue weighted by atomic mass is 10.3. The maximum Gasteiger partial charge on any atom is 0.573 e. The Bertz CT molecular complexity index is 721. The standard InChI is InChI=1S/C11H5BrF3IN2O3/c12-6-3-5(1-2-7(6)21-11(13,14)15)20-10-8(16)9(19)17-4-18-10/h1-4H,(H,17,18,19). The number of halogens is 5. The maximum atomic E-state index is 12.1. The van der Waals surface area contributed by atoms with Crippen LogP contribution in [0.15, 0.2) is 33.8 Å². The van der Waals surface area contributed by atoms with Gasteiger partial charge in [0.2, 0.25) is 5.88 Å². The van der Waals surface area contributed by atoms with Crippen LogP contribution in [0.3, 0.4) is 0 Å². The first-order valence-corrected chi connectivity index (χ1v) is 7.10. The first-order valence-electron chi connectivity index (χ1n) is 5.22. The quantitative estimate of drug-likeness (QED) is 0.684. The number of hydrogen-bond donors (Lipinski definition) is 1. The van der Waals surface area contributed by atoms with Crippen molar-refractivity contribution in [1.29, 1.82) is 0 Å². The number of nitrogens with zero attached hydrogens (tertiary/aromatic N) is 1. The summed E-state index contributed by atoms with van der Waals surface area (Å²) in [6.45, 7) is 0. The zero-order valence-electron chi connectivity index (χ0n) is 9.87. The summed E-state index contributed by atoms with van der Waals surface area (Å²) in [7, 11) is 0. The molecule has 112 valence electrons. The first kappa shape index (κ1) is 16.1. The number of aromatic nitrogens is 2.